The lowest BCUT2D eigenvalue weighted by Crippen LogP contribution is -2.11. The molecule has 0 aromatic heterocycles. The van der Waals surface area contributed by atoms with Gasteiger partial charge in [0.2, 0.25) is 0 Å². The van der Waals surface area contributed by atoms with Gasteiger partial charge in [0.05, 0.1) is 65.0 Å². The summed E-state index contributed by atoms with van der Waals surface area (Å²) >= 11 is 0. The van der Waals surface area contributed by atoms with Gasteiger partial charge in [-0.15, -0.1) is 0 Å². The fraction of sp³-hybridized carbons (Fsp3) is 0.900. The standard InChI is InChI=1S/2C28H54O4.C4H6O4/c2*1-3-5-7-9-11-13-15-17-19-21-25-31-27(29)23-24-28(30)32-26-22-20-18-16-14-12-10-8-6-4-2;5-3(6)1-2-4(7)8/h2*3-26H2,1-2H3;1-2H2,(H,5,6)(H,7,8). The molecule has 0 aliphatic carbocycles. The van der Waals surface area contributed by atoms with Crippen molar-refractivity contribution in [2.45, 2.75) is 323 Å². The van der Waals surface area contributed by atoms with Crippen LogP contribution in [0.3, 0.4) is 0 Å². The summed E-state index contributed by atoms with van der Waals surface area (Å²) in [5, 5.41) is 15.8. The van der Waals surface area contributed by atoms with Gasteiger partial charge in [0.25, 0.3) is 0 Å². The van der Waals surface area contributed by atoms with Crippen LogP contribution in [0.1, 0.15) is 323 Å². The number of esters is 4. The molecule has 0 heterocycles. The molecule has 12 nitrogen and oxygen atoms in total. The molecular formula is C60H114O12. The number of ether oxygens (including phenoxy) is 4. The van der Waals surface area contributed by atoms with Crippen molar-refractivity contribution in [3.05, 3.63) is 0 Å². The van der Waals surface area contributed by atoms with Crippen LogP contribution >= 0.6 is 0 Å². The van der Waals surface area contributed by atoms with Crippen LogP contribution in [0.4, 0.5) is 0 Å². The van der Waals surface area contributed by atoms with Gasteiger partial charge >= 0.3 is 35.8 Å². The molecule has 0 unspecified atom stereocenters. The first-order valence-corrected chi connectivity index (χ1v) is 30.1. The van der Waals surface area contributed by atoms with Crippen LogP contribution < -0.4 is 0 Å². The minimum atomic E-state index is -1.08. The highest BCUT2D eigenvalue weighted by Gasteiger charge is 2.11. The SMILES string of the molecule is CCCCCCCCCCCCOC(=O)CCC(=O)OCCCCCCCCCCCC.CCCCCCCCCCCCOC(=O)CCC(=O)OCCCCCCCCCCCC.O=C(O)CCC(=O)O. The number of carboxylic acids is 2. The van der Waals surface area contributed by atoms with Gasteiger partial charge in [-0.05, 0) is 25.7 Å². The molecule has 0 rings (SSSR count). The van der Waals surface area contributed by atoms with Gasteiger partial charge in [-0.1, -0.05) is 259 Å². The fourth-order valence-electron chi connectivity index (χ4n) is 8.01. The first-order chi connectivity index (χ1) is 35.0. The third-order valence-corrected chi connectivity index (χ3v) is 12.7. The number of hydrogen-bond donors (Lipinski definition) is 2. The van der Waals surface area contributed by atoms with Crippen LogP contribution in [0.5, 0.6) is 0 Å². The second-order valence-corrected chi connectivity index (χ2v) is 19.9. The van der Waals surface area contributed by atoms with Crippen molar-refractivity contribution < 1.29 is 57.9 Å². The van der Waals surface area contributed by atoms with Gasteiger partial charge in [0.15, 0.2) is 0 Å². The Morgan fingerprint density at radius 1 is 0.222 bits per heavy atom. The highest BCUT2D eigenvalue weighted by molar-refractivity contribution is 5.78. The molecule has 0 aromatic carbocycles. The largest absolute Gasteiger partial charge is 0.481 e. The molecule has 0 aliphatic rings. The molecule has 0 amide bonds. The summed E-state index contributed by atoms with van der Waals surface area (Å²) in [5.74, 6) is -3.28. The smallest absolute Gasteiger partial charge is 0.306 e. The Morgan fingerprint density at radius 3 is 0.500 bits per heavy atom. The van der Waals surface area contributed by atoms with E-state index in [0.717, 1.165) is 51.4 Å². The van der Waals surface area contributed by atoms with Crippen LogP contribution in [0, 0.1) is 0 Å². The first kappa shape index (κ1) is 73.1. The number of carbonyl (C=O) groups is 6. The molecule has 12 heteroatoms. The molecule has 2 N–H and O–H groups in total. The average molecular weight is 1030 g/mol. The van der Waals surface area contributed by atoms with Crippen molar-refractivity contribution in [2.24, 2.45) is 0 Å². The van der Waals surface area contributed by atoms with E-state index >= 15 is 0 Å². The van der Waals surface area contributed by atoms with Crippen LogP contribution in [-0.4, -0.2) is 72.5 Å². The second-order valence-electron chi connectivity index (χ2n) is 19.9. The maximum absolute atomic E-state index is 11.7. The molecule has 0 radical (unpaired) electrons. The van der Waals surface area contributed by atoms with E-state index in [1.165, 1.54) is 205 Å². The van der Waals surface area contributed by atoms with Crippen molar-refractivity contribution in [3.8, 4) is 0 Å². The van der Waals surface area contributed by atoms with Crippen LogP contribution in [-0.2, 0) is 47.7 Å². The van der Waals surface area contributed by atoms with Crippen molar-refractivity contribution in [3.63, 3.8) is 0 Å². The quantitative estimate of drug-likeness (QED) is 0.0335. The number of carboxylic acid groups (broad SMARTS) is 2. The molecule has 426 valence electrons. The summed E-state index contributed by atoms with van der Waals surface area (Å²) in [4.78, 5) is 66.2. The molecule has 0 spiro atoms. The predicted octanol–water partition coefficient (Wildman–Crippen LogP) is 17.3. The zero-order chi connectivity index (χ0) is 53.6. The van der Waals surface area contributed by atoms with E-state index in [1.807, 2.05) is 0 Å². The fourth-order valence-corrected chi connectivity index (χ4v) is 8.01. The second kappa shape index (κ2) is 63.9. The normalized spacial score (nSPS) is 10.7. The lowest BCUT2D eigenvalue weighted by molar-refractivity contribution is -0.150. The Hall–Kier alpha value is -3.18. The lowest BCUT2D eigenvalue weighted by atomic mass is 10.1. The Balaban J connectivity index is -0.00000114. The van der Waals surface area contributed by atoms with Crippen molar-refractivity contribution in [1.29, 1.82) is 0 Å². The molecule has 0 aliphatic heterocycles. The third kappa shape index (κ3) is 71.1. The number of rotatable bonds is 53. The van der Waals surface area contributed by atoms with E-state index < -0.39 is 11.9 Å². The molecule has 0 bridgehead atoms. The molecule has 0 saturated heterocycles. The third-order valence-electron chi connectivity index (χ3n) is 12.7. The Morgan fingerprint density at radius 2 is 0.361 bits per heavy atom. The molecule has 0 aromatic rings. The predicted molar refractivity (Wildman–Crippen MR) is 294 cm³/mol. The van der Waals surface area contributed by atoms with E-state index in [-0.39, 0.29) is 62.4 Å². The molecule has 0 atom stereocenters. The summed E-state index contributed by atoms with van der Waals surface area (Å²) in [6.07, 6.45) is 50.4. The molecule has 0 saturated carbocycles. The number of aliphatic carboxylic acids is 2. The minimum Gasteiger partial charge on any atom is -0.481 e. The van der Waals surface area contributed by atoms with Crippen molar-refractivity contribution in [1.82, 2.24) is 0 Å². The van der Waals surface area contributed by atoms with Crippen molar-refractivity contribution >= 4 is 35.8 Å². The van der Waals surface area contributed by atoms with Gasteiger partial charge in [0.1, 0.15) is 0 Å². The number of unbranched alkanes of at least 4 members (excludes halogenated alkanes) is 36. The van der Waals surface area contributed by atoms with Gasteiger partial charge in [-0.3, -0.25) is 28.8 Å². The van der Waals surface area contributed by atoms with Crippen LogP contribution in [0.15, 0.2) is 0 Å². The van der Waals surface area contributed by atoms with Crippen LogP contribution in [0.25, 0.3) is 0 Å². The summed E-state index contributed by atoms with van der Waals surface area (Å²) in [6, 6.07) is 0. The van der Waals surface area contributed by atoms with Gasteiger partial charge < -0.3 is 29.2 Å². The zero-order valence-electron chi connectivity index (χ0n) is 47.3. The van der Waals surface area contributed by atoms with Crippen LogP contribution in [0.2, 0.25) is 0 Å². The summed E-state index contributed by atoms with van der Waals surface area (Å²) < 4.78 is 20.9. The monoisotopic (exact) mass is 1030 g/mol. The Kier molecular flexibility index (Phi) is 64.9. The Labute approximate surface area is 441 Å². The highest BCUT2D eigenvalue weighted by atomic mass is 16.5. The summed E-state index contributed by atoms with van der Waals surface area (Å²) in [5.41, 5.74) is 0. The van der Waals surface area contributed by atoms with E-state index in [9.17, 15) is 28.8 Å². The maximum atomic E-state index is 11.7. The summed E-state index contributed by atoms with van der Waals surface area (Å²) in [6.45, 7) is 10.9. The van der Waals surface area contributed by atoms with E-state index in [0.29, 0.717) is 26.4 Å². The van der Waals surface area contributed by atoms with E-state index in [4.69, 9.17) is 29.2 Å². The van der Waals surface area contributed by atoms with E-state index in [2.05, 4.69) is 27.7 Å². The van der Waals surface area contributed by atoms with Gasteiger partial charge in [0, 0.05) is 0 Å². The zero-order valence-corrected chi connectivity index (χ0v) is 47.3. The van der Waals surface area contributed by atoms with Gasteiger partial charge in [-0.2, -0.15) is 0 Å². The molecule has 72 heavy (non-hydrogen) atoms. The first-order valence-electron chi connectivity index (χ1n) is 30.1. The molecule has 0 fully saturated rings. The highest BCUT2D eigenvalue weighted by Crippen LogP contribution is 2.14. The molecular weight excluding hydrogens is 913 g/mol. The average Bonchev–Trinajstić information content (AvgIpc) is 3.36. The van der Waals surface area contributed by atoms with Crippen molar-refractivity contribution in [2.75, 3.05) is 26.4 Å². The Bertz CT molecular complexity index is 1030. The minimum absolute atomic E-state index is 0.134. The lowest BCUT2D eigenvalue weighted by Gasteiger charge is -2.06. The number of hydrogen-bond acceptors (Lipinski definition) is 10. The van der Waals surface area contributed by atoms with Gasteiger partial charge in [-0.25, -0.2) is 0 Å². The maximum Gasteiger partial charge on any atom is 0.306 e. The summed E-state index contributed by atoms with van der Waals surface area (Å²) in [7, 11) is 0. The topological polar surface area (TPSA) is 180 Å². The van der Waals surface area contributed by atoms with E-state index in [1.54, 1.807) is 0 Å². The number of carbonyl (C=O) groups excluding carboxylic acids is 4.